The molecule has 210 valence electrons. The quantitative estimate of drug-likeness (QED) is 0.305. The first-order chi connectivity index (χ1) is 18.4. The van der Waals surface area contributed by atoms with E-state index in [0.29, 0.717) is 12.8 Å². The number of hydrogen-bond acceptors (Lipinski definition) is 9. The number of thioether (sulfide) groups is 1. The molecule has 39 heavy (non-hydrogen) atoms. The van der Waals surface area contributed by atoms with Crippen LogP contribution in [0.5, 0.6) is 0 Å². The van der Waals surface area contributed by atoms with Crippen LogP contribution in [-0.4, -0.2) is 62.6 Å². The fraction of sp³-hybridized carbons (Fsp3) is 0.519. The normalized spacial score (nSPS) is 16.2. The Kier molecular flexibility index (Phi) is 8.53. The highest BCUT2D eigenvalue weighted by Gasteiger charge is 2.37. The number of rotatable bonds is 8. The number of para-hydroxylation sites is 1. The molecule has 0 spiro atoms. The van der Waals surface area contributed by atoms with E-state index in [2.05, 4.69) is 20.5 Å². The van der Waals surface area contributed by atoms with Gasteiger partial charge in [-0.1, -0.05) is 43.8 Å². The van der Waals surface area contributed by atoms with Crippen LogP contribution < -0.4 is 5.32 Å². The lowest BCUT2D eigenvalue weighted by molar-refractivity contribution is -0.153. The number of alkyl carbamates (subject to hydrolysis) is 1. The summed E-state index contributed by atoms with van der Waals surface area (Å²) >= 11 is 1.08. The number of hydrogen-bond donors (Lipinski definition) is 2. The Morgan fingerprint density at radius 1 is 1.23 bits per heavy atom. The molecule has 3 heterocycles. The summed E-state index contributed by atoms with van der Waals surface area (Å²) in [4.78, 5) is 43.2. The SMILES string of the molecule is COC(=O)[C@@H]1Cc2c([nH]c3ccccc23)CN1C(=O)CSc1nnc([C@H](CC(C)C)NC(=O)OC(C)(C)C)o1. The molecule has 0 fully saturated rings. The third-order valence-electron chi connectivity index (χ3n) is 6.24. The smallest absolute Gasteiger partial charge is 0.408 e. The molecule has 2 atom stereocenters. The van der Waals surface area contributed by atoms with E-state index >= 15 is 0 Å². The van der Waals surface area contributed by atoms with Gasteiger partial charge in [0.2, 0.25) is 11.8 Å². The van der Waals surface area contributed by atoms with E-state index in [1.54, 1.807) is 20.8 Å². The van der Waals surface area contributed by atoms with Crippen LogP contribution in [-0.2, 0) is 32.0 Å². The number of nitrogens with one attached hydrogen (secondary N) is 2. The molecule has 4 rings (SSSR count). The number of aromatic nitrogens is 3. The number of carbonyl (C=O) groups is 3. The molecule has 0 aliphatic carbocycles. The summed E-state index contributed by atoms with van der Waals surface area (Å²) < 4.78 is 16.2. The van der Waals surface area contributed by atoms with E-state index in [0.717, 1.165) is 33.9 Å². The topological polar surface area (TPSA) is 140 Å². The summed E-state index contributed by atoms with van der Waals surface area (Å²) in [6.45, 7) is 9.65. The molecule has 1 aromatic carbocycles. The molecule has 0 saturated carbocycles. The van der Waals surface area contributed by atoms with Gasteiger partial charge in [0.1, 0.15) is 17.7 Å². The average molecular weight is 558 g/mol. The summed E-state index contributed by atoms with van der Waals surface area (Å²) in [5, 5.41) is 12.2. The first-order valence-corrected chi connectivity index (χ1v) is 13.8. The Bertz CT molecular complexity index is 1340. The summed E-state index contributed by atoms with van der Waals surface area (Å²) in [7, 11) is 1.32. The minimum atomic E-state index is -0.735. The number of aromatic amines is 1. The van der Waals surface area contributed by atoms with Crippen molar-refractivity contribution in [3.8, 4) is 0 Å². The summed E-state index contributed by atoms with van der Waals surface area (Å²) in [6.07, 6.45) is 0.345. The lowest BCUT2D eigenvalue weighted by atomic mass is 9.96. The number of fused-ring (bicyclic) bond motifs is 3. The summed E-state index contributed by atoms with van der Waals surface area (Å²) in [5.74, 6) is -0.269. The van der Waals surface area contributed by atoms with E-state index in [9.17, 15) is 14.4 Å². The van der Waals surface area contributed by atoms with Crippen LogP contribution in [0.25, 0.3) is 10.9 Å². The molecule has 2 amide bonds. The molecule has 0 saturated heterocycles. The molecule has 0 bridgehead atoms. The predicted molar refractivity (Wildman–Crippen MR) is 145 cm³/mol. The van der Waals surface area contributed by atoms with Crippen molar-refractivity contribution in [1.82, 2.24) is 25.4 Å². The third kappa shape index (κ3) is 6.92. The molecule has 2 N–H and O–H groups in total. The molecule has 0 unspecified atom stereocenters. The molecule has 11 nitrogen and oxygen atoms in total. The minimum Gasteiger partial charge on any atom is -0.467 e. The average Bonchev–Trinajstić information content (AvgIpc) is 3.48. The van der Waals surface area contributed by atoms with Gasteiger partial charge in [-0.25, -0.2) is 9.59 Å². The van der Waals surface area contributed by atoms with Gasteiger partial charge in [-0.15, -0.1) is 10.2 Å². The van der Waals surface area contributed by atoms with Crippen LogP contribution in [0.4, 0.5) is 4.79 Å². The van der Waals surface area contributed by atoms with Crippen molar-refractivity contribution in [2.24, 2.45) is 5.92 Å². The number of nitrogens with zero attached hydrogens (tertiary/aromatic N) is 3. The zero-order valence-corrected chi connectivity index (χ0v) is 23.9. The van der Waals surface area contributed by atoms with Crippen LogP contribution >= 0.6 is 11.8 Å². The number of amides is 2. The van der Waals surface area contributed by atoms with Gasteiger partial charge in [0, 0.05) is 23.0 Å². The van der Waals surface area contributed by atoms with E-state index in [-0.39, 0.29) is 35.2 Å². The number of esters is 1. The zero-order chi connectivity index (χ0) is 28.3. The molecule has 2 aromatic heterocycles. The van der Waals surface area contributed by atoms with Crippen molar-refractivity contribution in [2.45, 2.75) is 76.9 Å². The molecule has 12 heteroatoms. The molecular weight excluding hydrogens is 522 g/mol. The van der Waals surface area contributed by atoms with Gasteiger partial charge in [-0.2, -0.15) is 0 Å². The Hall–Kier alpha value is -3.54. The second-order valence-corrected chi connectivity index (χ2v) is 11.8. The second kappa shape index (κ2) is 11.7. The maximum Gasteiger partial charge on any atom is 0.408 e. The lowest BCUT2D eigenvalue weighted by Gasteiger charge is -2.33. The minimum absolute atomic E-state index is 0.0149. The fourth-order valence-electron chi connectivity index (χ4n) is 4.59. The Labute approximate surface area is 231 Å². The third-order valence-corrected chi connectivity index (χ3v) is 7.04. The monoisotopic (exact) mass is 557 g/mol. The van der Waals surface area contributed by atoms with Crippen LogP contribution in [0, 0.1) is 5.92 Å². The van der Waals surface area contributed by atoms with Crippen LogP contribution in [0.3, 0.4) is 0 Å². The highest BCUT2D eigenvalue weighted by atomic mass is 32.2. The predicted octanol–water partition coefficient (Wildman–Crippen LogP) is 4.38. The summed E-state index contributed by atoms with van der Waals surface area (Å²) in [6, 6.07) is 6.59. The van der Waals surface area contributed by atoms with Gasteiger partial charge in [-0.3, -0.25) is 4.79 Å². The van der Waals surface area contributed by atoms with E-state index < -0.39 is 29.7 Å². The van der Waals surface area contributed by atoms with Crippen molar-refractivity contribution in [2.75, 3.05) is 12.9 Å². The molecule has 0 radical (unpaired) electrons. The van der Waals surface area contributed by atoms with Gasteiger partial charge in [0.25, 0.3) is 5.22 Å². The molecular formula is C27H35N5O6S. The highest BCUT2D eigenvalue weighted by Crippen LogP contribution is 2.32. The second-order valence-electron chi connectivity index (χ2n) is 10.9. The van der Waals surface area contributed by atoms with Crippen LogP contribution in [0.1, 0.15) is 64.2 Å². The summed E-state index contributed by atoms with van der Waals surface area (Å²) in [5.41, 5.74) is 2.24. The fourth-order valence-corrected chi connectivity index (χ4v) is 5.24. The number of carbonyl (C=O) groups excluding carboxylic acids is 3. The van der Waals surface area contributed by atoms with Crippen molar-refractivity contribution in [3.63, 3.8) is 0 Å². The van der Waals surface area contributed by atoms with Crippen molar-refractivity contribution in [1.29, 1.82) is 0 Å². The lowest BCUT2D eigenvalue weighted by Crippen LogP contribution is -2.49. The first-order valence-electron chi connectivity index (χ1n) is 12.9. The van der Waals surface area contributed by atoms with Crippen molar-refractivity contribution < 1.29 is 28.3 Å². The Morgan fingerprint density at radius 2 is 1.97 bits per heavy atom. The number of benzene rings is 1. The molecule has 1 aliphatic heterocycles. The van der Waals surface area contributed by atoms with Crippen molar-refractivity contribution >= 4 is 40.6 Å². The van der Waals surface area contributed by atoms with E-state index in [1.165, 1.54) is 12.0 Å². The van der Waals surface area contributed by atoms with Gasteiger partial charge >= 0.3 is 12.1 Å². The molecule has 3 aromatic rings. The number of methoxy groups -OCH3 is 1. The van der Waals surface area contributed by atoms with Gasteiger partial charge in [0.05, 0.1) is 19.4 Å². The zero-order valence-electron chi connectivity index (χ0n) is 23.1. The first kappa shape index (κ1) is 28.5. The van der Waals surface area contributed by atoms with Crippen LogP contribution in [0.15, 0.2) is 33.9 Å². The van der Waals surface area contributed by atoms with Gasteiger partial charge in [-0.05, 0) is 44.7 Å². The van der Waals surface area contributed by atoms with Crippen LogP contribution in [0.2, 0.25) is 0 Å². The van der Waals surface area contributed by atoms with E-state index in [1.807, 2.05) is 38.1 Å². The highest BCUT2D eigenvalue weighted by molar-refractivity contribution is 7.99. The Balaban J connectivity index is 1.45. The van der Waals surface area contributed by atoms with Crippen molar-refractivity contribution in [3.05, 3.63) is 41.4 Å². The maximum atomic E-state index is 13.3. The van der Waals surface area contributed by atoms with Gasteiger partial charge in [0.15, 0.2) is 0 Å². The molecule has 1 aliphatic rings. The number of H-pyrrole nitrogens is 1. The van der Waals surface area contributed by atoms with Gasteiger partial charge < -0.3 is 29.1 Å². The standard InChI is InChI=1S/C27H35N5O6S/c1-15(2)11-19(29-25(35)38-27(3,4)5)23-30-31-26(37-23)39-14-22(33)32-13-20-17(12-21(32)24(34)36-6)16-9-7-8-10-18(16)28-20/h7-10,15,19,21,28H,11-14H2,1-6H3,(H,29,35)/t19-,21-/m0/s1. The maximum absolute atomic E-state index is 13.3. The largest absolute Gasteiger partial charge is 0.467 e. The van der Waals surface area contributed by atoms with E-state index in [4.69, 9.17) is 13.9 Å². The Morgan fingerprint density at radius 3 is 2.67 bits per heavy atom. The number of ether oxygens (including phenoxy) is 2.